The second kappa shape index (κ2) is 6.55. The van der Waals surface area contributed by atoms with E-state index < -0.39 is 0 Å². The molecule has 0 radical (unpaired) electrons. The maximum Gasteiger partial charge on any atom is 0.129 e. The smallest absolute Gasteiger partial charge is 0.129 e. The standard InChI is InChI=1S/C14H23ClN4/c1-11(2)16-10-13-12(15)4-5-14(17-13)19-8-6-18(3)7-9-19/h4-5,11,16H,6-10H2,1-3H3. The average Bonchev–Trinajstić information content (AvgIpc) is 2.39. The molecule has 1 saturated heterocycles. The van der Waals surface area contributed by atoms with Gasteiger partial charge in [-0.2, -0.15) is 0 Å². The fourth-order valence-electron chi connectivity index (χ4n) is 2.11. The number of piperazine rings is 1. The summed E-state index contributed by atoms with van der Waals surface area (Å²) in [5, 5.41) is 4.11. The highest BCUT2D eigenvalue weighted by molar-refractivity contribution is 6.31. The molecule has 106 valence electrons. The molecule has 1 fully saturated rings. The molecule has 1 aromatic rings. The van der Waals surface area contributed by atoms with Crippen molar-refractivity contribution in [2.75, 3.05) is 38.1 Å². The molecule has 4 nitrogen and oxygen atoms in total. The van der Waals surface area contributed by atoms with E-state index in [-0.39, 0.29) is 0 Å². The number of nitrogens with one attached hydrogen (secondary N) is 1. The molecular weight excluding hydrogens is 260 g/mol. The largest absolute Gasteiger partial charge is 0.354 e. The van der Waals surface area contributed by atoms with Gasteiger partial charge in [-0.25, -0.2) is 4.98 Å². The zero-order chi connectivity index (χ0) is 13.8. The Balaban J connectivity index is 2.07. The first-order chi connectivity index (χ1) is 9.06. The normalized spacial score (nSPS) is 17.2. The lowest BCUT2D eigenvalue weighted by molar-refractivity contribution is 0.312. The molecule has 1 aromatic heterocycles. The van der Waals surface area contributed by atoms with Gasteiger partial charge in [-0.1, -0.05) is 25.4 Å². The number of pyridine rings is 1. The summed E-state index contributed by atoms with van der Waals surface area (Å²) >= 11 is 6.21. The lowest BCUT2D eigenvalue weighted by Crippen LogP contribution is -2.44. The number of anilines is 1. The molecule has 0 spiro atoms. The Morgan fingerprint density at radius 2 is 1.95 bits per heavy atom. The second-order valence-corrected chi connectivity index (χ2v) is 5.83. The maximum atomic E-state index is 6.21. The van der Waals surface area contributed by atoms with E-state index >= 15 is 0 Å². The molecule has 5 heteroatoms. The predicted octanol–water partition coefficient (Wildman–Crippen LogP) is 1.98. The molecule has 1 aliphatic rings. The van der Waals surface area contributed by atoms with Crippen molar-refractivity contribution in [1.29, 1.82) is 0 Å². The quantitative estimate of drug-likeness (QED) is 0.915. The van der Waals surface area contributed by atoms with Crippen molar-refractivity contribution >= 4 is 17.4 Å². The number of aromatic nitrogens is 1. The minimum atomic E-state index is 0.435. The third-order valence-electron chi connectivity index (χ3n) is 3.41. The Bertz CT molecular complexity index is 414. The van der Waals surface area contributed by atoms with Crippen LogP contribution in [0.4, 0.5) is 5.82 Å². The average molecular weight is 283 g/mol. The fourth-order valence-corrected chi connectivity index (χ4v) is 2.28. The number of hydrogen-bond donors (Lipinski definition) is 1. The number of likely N-dealkylation sites (N-methyl/N-ethyl adjacent to an activating group) is 1. The fraction of sp³-hybridized carbons (Fsp3) is 0.643. The first-order valence-corrected chi connectivity index (χ1v) is 7.26. The van der Waals surface area contributed by atoms with Crippen LogP contribution in [0, 0.1) is 0 Å². The van der Waals surface area contributed by atoms with Crippen LogP contribution in [0.15, 0.2) is 12.1 Å². The van der Waals surface area contributed by atoms with Gasteiger partial charge in [0.15, 0.2) is 0 Å². The van der Waals surface area contributed by atoms with Crippen LogP contribution in [0.25, 0.3) is 0 Å². The molecule has 0 saturated carbocycles. The zero-order valence-corrected chi connectivity index (χ0v) is 12.7. The Hall–Kier alpha value is -0.840. The lowest BCUT2D eigenvalue weighted by Gasteiger charge is -2.33. The van der Waals surface area contributed by atoms with Gasteiger partial charge in [0, 0.05) is 38.8 Å². The van der Waals surface area contributed by atoms with E-state index in [2.05, 4.69) is 36.0 Å². The van der Waals surface area contributed by atoms with Crippen LogP contribution in [0.5, 0.6) is 0 Å². The molecule has 1 N–H and O–H groups in total. The van der Waals surface area contributed by atoms with E-state index in [1.54, 1.807) is 0 Å². The summed E-state index contributed by atoms with van der Waals surface area (Å²) in [6.45, 7) is 9.20. The van der Waals surface area contributed by atoms with E-state index in [0.29, 0.717) is 6.04 Å². The van der Waals surface area contributed by atoms with Crippen LogP contribution in [-0.4, -0.2) is 49.2 Å². The SMILES string of the molecule is CC(C)NCc1nc(N2CCN(C)CC2)ccc1Cl. The monoisotopic (exact) mass is 282 g/mol. The zero-order valence-electron chi connectivity index (χ0n) is 12.0. The van der Waals surface area contributed by atoms with E-state index in [9.17, 15) is 0 Å². The van der Waals surface area contributed by atoms with Crippen molar-refractivity contribution in [2.24, 2.45) is 0 Å². The van der Waals surface area contributed by atoms with Crippen LogP contribution in [0.2, 0.25) is 5.02 Å². The lowest BCUT2D eigenvalue weighted by atomic mass is 10.3. The topological polar surface area (TPSA) is 31.4 Å². The van der Waals surface area contributed by atoms with E-state index in [1.807, 2.05) is 12.1 Å². The molecular formula is C14H23ClN4. The second-order valence-electron chi connectivity index (χ2n) is 5.42. The van der Waals surface area contributed by atoms with Gasteiger partial charge in [-0.05, 0) is 19.2 Å². The van der Waals surface area contributed by atoms with Gasteiger partial charge in [0.25, 0.3) is 0 Å². The molecule has 0 amide bonds. The summed E-state index contributed by atoms with van der Waals surface area (Å²) in [4.78, 5) is 9.38. The Labute approximate surface area is 120 Å². The van der Waals surface area contributed by atoms with E-state index in [0.717, 1.165) is 49.3 Å². The van der Waals surface area contributed by atoms with Crippen molar-refractivity contribution in [3.8, 4) is 0 Å². The number of rotatable bonds is 4. The van der Waals surface area contributed by atoms with E-state index in [1.165, 1.54) is 0 Å². The van der Waals surface area contributed by atoms with Crippen LogP contribution >= 0.6 is 11.6 Å². The van der Waals surface area contributed by atoms with Crippen molar-refractivity contribution in [3.63, 3.8) is 0 Å². The van der Waals surface area contributed by atoms with Gasteiger partial charge < -0.3 is 15.1 Å². The Morgan fingerprint density at radius 3 is 2.58 bits per heavy atom. The summed E-state index contributed by atoms with van der Waals surface area (Å²) in [7, 11) is 2.16. The highest BCUT2D eigenvalue weighted by Crippen LogP contribution is 2.20. The molecule has 19 heavy (non-hydrogen) atoms. The van der Waals surface area contributed by atoms with Crippen LogP contribution in [0.1, 0.15) is 19.5 Å². The predicted molar refractivity (Wildman–Crippen MR) is 80.9 cm³/mol. The molecule has 2 heterocycles. The van der Waals surface area contributed by atoms with Crippen LogP contribution in [0.3, 0.4) is 0 Å². The van der Waals surface area contributed by atoms with Crippen molar-refractivity contribution < 1.29 is 0 Å². The third-order valence-corrected chi connectivity index (χ3v) is 3.75. The van der Waals surface area contributed by atoms with Gasteiger partial charge in [0.2, 0.25) is 0 Å². The molecule has 0 atom stereocenters. The number of halogens is 1. The van der Waals surface area contributed by atoms with Crippen molar-refractivity contribution in [1.82, 2.24) is 15.2 Å². The van der Waals surface area contributed by atoms with Crippen LogP contribution in [-0.2, 0) is 6.54 Å². The summed E-state index contributed by atoms with van der Waals surface area (Å²) in [6, 6.07) is 4.41. The minimum absolute atomic E-state index is 0.435. The minimum Gasteiger partial charge on any atom is -0.354 e. The Morgan fingerprint density at radius 1 is 1.26 bits per heavy atom. The molecule has 0 aromatic carbocycles. The van der Waals surface area contributed by atoms with Crippen molar-refractivity contribution in [3.05, 3.63) is 22.8 Å². The summed E-state index contributed by atoms with van der Waals surface area (Å²) in [5.74, 6) is 1.04. The summed E-state index contributed by atoms with van der Waals surface area (Å²) < 4.78 is 0. The van der Waals surface area contributed by atoms with Gasteiger partial charge in [-0.3, -0.25) is 0 Å². The first kappa shape index (κ1) is 14.6. The van der Waals surface area contributed by atoms with Gasteiger partial charge in [0.05, 0.1) is 10.7 Å². The third kappa shape index (κ3) is 4.06. The highest BCUT2D eigenvalue weighted by Gasteiger charge is 2.16. The van der Waals surface area contributed by atoms with Crippen LogP contribution < -0.4 is 10.2 Å². The first-order valence-electron chi connectivity index (χ1n) is 6.88. The number of hydrogen-bond acceptors (Lipinski definition) is 4. The molecule has 0 unspecified atom stereocenters. The van der Waals surface area contributed by atoms with Gasteiger partial charge in [-0.15, -0.1) is 0 Å². The molecule has 2 rings (SSSR count). The van der Waals surface area contributed by atoms with Crippen molar-refractivity contribution in [2.45, 2.75) is 26.4 Å². The molecule has 0 aliphatic carbocycles. The highest BCUT2D eigenvalue weighted by atomic mass is 35.5. The molecule has 0 bridgehead atoms. The van der Waals surface area contributed by atoms with Gasteiger partial charge in [0.1, 0.15) is 5.82 Å². The molecule has 1 aliphatic heterocycles. The summed E-state index contributed by atoms with van der Waals surface area (Å²) in [6.07, 6.45) is 0. The maximum absolute atomic E-state index is 6.21. The number of nitrogens with zero attached hydrogens (tertiary/aromatic N) is 3. The summed E-state index contributed by atoms with van der Waals surface area (Å²) in [5.41, 5.74) is 0.937. The van der Waals surface area contributed by atoms with E-state index in [4.69, 9.17) is 16.6 Å². The Kier molecular flexibility index (Phi) is 5.02. The van der Waals surface area contributed by atoms with Gasteiger partial charge >= 0.3 is 0 Å².